The van der Waals surface area contributed by atoms with Crippen LogP contribution in [0.5, 0.6) is 0 Å². The molecule has 0 aliphatic heterocycles. The Hall–Kier alpha value is -1.23. The first-order valence-corrected chi connectivity index (χ1v) is 12.5. The van der Waals surface area contributed by atoms with Gasteiger partial charge in [0.2, 0.25) is 0 Å². The SMILES string of the molecule is Bc1cccc(CCN(CC2CC2)C(=O)OCC[Si](C)(C)C)c1. The Morgan fingerprint density at radius 1 is 1.35 bits per heavy atom. The summed E-state index contributed by atoms with van der Waals surface area (Å²) < 4.78 is 5.54. The summed E-state index contributed by atoms with van der Waals surface area (Å²) in [6, 6.07) is 9.57. The highest BCUT2D eigenvalue weighted by Crippen LogP contribution is 2.30. The normalized spacial score (nSPS) is 14.6. The van der Waals surface area contributed by atoms with Crippen molar-refractivity contribution in [2.24, 2.45) is 5.92 Å². The van der Waals surface area contributed by atoms with Gasteiger partial charge in [-0.3, -0.25) is 0 Å². The van der Waals surface area contributed by atoms with E-state index in [0.717, 1.165) is 25.6 Å². The quantitative estimate of drug-likeness (QED) is 0.686. The number of carbonyl (C=O) groups excluding carboxylic acids is 1. The first kappa shape index (κ1) is 18.1. The minimum Gasteiger partial charge on any atom is -0.450 e. The molecule has 3 nitrogen and oxygen atoms in total. The Kier molecular flexibility index (Phi) is 6.34. The maximum Gasteiger partial charge on any atom is 0.409 e. The number of nitrogens with zero attached hydrogens (tertiary/aromatic N) is 1. The van der Waals surface area contributed by atoms with Crippen molar-refractivity contribution in [2.75, 3.05) is 19.7 Å². The van der Waals surface area contributed by atoms with Crippen LogP contribution in [0, 0.1) is 5.92 Å². The van der Waals surface area contributed by atoms with Gasteiger partial charge in [0.1, 0.15) is 7.85 Å². The van der Waals surface area contributed by atoms with Crippen LogP contribution in [-0.2, 0) is 11.2 Å². The molecule has 1 saturated carbocycles. The van der Waals surface area contributed by atoms with E-state index in [1.807, 2.05) is 4.90 Å². The lowest BCUT2D eigenvalue weighted by atomic mass is 9.94. The minimum absolute atomic E-state index is 0.122. The lowest BCUT2D eigenvalue weighted by molar-refractivity contribution is 0.105. The predicted molar refractivity (Wildman–Crippen MR) is 102 cm³/mol. The fourth-order valence-electron chi connectivity index (χ4n) is 2.54. The standard InChI is InChI=1S/C18H30BNO2Si/c1-23(2,3)12-11-22-18(21)20(14-16-7-8-16)10-9-15-5-4-6-17(19)13-15/h4-6,13,16H,7-12,14,19H2,1-3H3. The van der Waals surface area contributed by atoms with Gasteiger partial charge in [0.15, 0.2) is 0 Å². The van der Waals surface area contributed by atoms with Gasteiger partial charge >= 0.3 is 6.09 Å². The van der Waals surface area contributed by atoms with E-state index in [4.69, 9.17) is 4.74 Å². The second-order valence-corrected chi connectivity index (χ2v) is 13.7. The van der Waals surface area contributed by atoms with E-state index in [1.54, 1.807) is 0 Å². The van der Waals surface area contributed by atoms with Crippen LogP contribution in [0.1, 0.15) is 18.4 Å². The number of rotatable bonds is 8. The van der Waals surface area contributed by atoms with Crippen molar-refractivity contribution in [2.45, 2.75) is 44.9 Å². The molecule has 1 aromatic rings. The molecule has 0 N–H and O–H groups in total. The van der Waals surface area contributed by atoms with Gasteiger partial charge < -0.3 is 9.64 Å². The highest BCUT2D eigenvalue weighted by Gasteiger charge is 2.27. The summed E-state index contributed by atoms with van der Waals surface area (Å²) in [5.41, 5.74) is 2.56. The van der Waals surface area contributed by atoms with Gasteiger partial charge in [-0.05, 0) is 36.8 Å². The lowest BCUT2D eigenvalue weighted by Crippen LogP contribution is -2.36. The second-order valence-electron chi connectivity index (χ2n) is 8.05. The van der Waals surface area contributed by atoms with E-state index in [1.165, 1.54) is 23.9 Å². The molecule has 1 fully saturated rings. The van der Waals surface area contributed by atoms with Crippen LogP contribution < -0.4 is 5.46 Å². The first-order chi connectivity index (χ1) is 10.8. The molecule has 0 spiro atoms. The molecule has 0 atom stereocenters. The Morgan fingerprint density at radius 3 is 2.70 bits per heavy atom. The number of hydrogen-bond acceptors (Lipinski definition) is 2. The van der Waals surface area contributed by atoms with E-state index in [-0.39, 0.29) is 6.09 Å². The molecule has 0 unspecified atom stereocenters. The summed E-state index contributed by atoms with van der Waals surface area (Å²) in [4.78, 5) is 14.3. The van der Waals surface area contributed by atoms with Gasteiger partial charge in [-0.2, -0.15) is 0 Å². The van der Waals surface area contributed by atoms with Crippen molar-refractivity contribution in [3.63, 3.8) is 0 Å². The van der Waals surface area contributed by atoms with Gasteiger partial charge in [-0.25, -0.2) is 4.79 Å². The molecule has 0 heterocycles. The molecule has 2 rings (SSSR count). The average Bonchev–Trinajstić information content (AvgIpc) is 3.26. The highest BCUT2D eigenvalue weighted by molar-refractivity contribution is 6.76. The van der Waals surface area contributed by atoms with E-state index in [2.05, 4.69) is 51.8 Å². The van der Waals surface area contributed by atoms with Gasteiger partial charge in [0.05, 0.1) is 6.61 Å². The van der Waals surface area contributed by atoms with Gasteiger partial charge in [-0.15, -0.1) is 0 Å². The molecule has 0 aromatic heterocycles. The van der Waals surface area contributed by atoms with E-state index < -0.39 is 8.07 Å². The van der Waals surface area contributed by atoms with E-state index in [9.17, 15) is 4.79 Å². The molecular formula is C18H30BNO2Si. The molecule has 1 amide bonds. The second kappa shape index (κ2) is 8.04. The molecule has 0 bridgehead atoms. The molecule has 0 saturated heterocycles. The molecule has 0 radical (unpaired) electrons. The Labute approximate surface area is 142 Å². The van der Waals surface area contributed by atoms with Crippen LogP contribution in [0.25, 0.3) is 0 Å². The van der Waals surface area contributed by atoms with Crippen LogP contribution >= 0.6 is 0 Å². The smallest absolute Gasteiger partial charge is 0.409 e. The largest absolute Gasteiger partial charge is 0.450 e. The zero-order chi connectivity index (χ0) is 16.9. The third kappa shape index (κ3) is 7.25. The number of hydrogen-bond donors (Lipinski definition) is 0. The van der Waals surface area contributed by atoms with Crippen molar-refractivity contribution in [1.29, 1.82) is 0 Å². The van der Waals surface area contributed by atoms with Gasteiger partial charge in [0, 0.05) is 21.2 Å². The third-order valence-corrected chi connectivity index (χ3v) is 5.97. The Balaban J connectivity index is 1.84. The van der Waals surface area contributed by atoms with Crippen LogP contribution in [0.15, 0.2) is 24.3 Å². The van der Waals surface area contributed by atoms with Gasteiger partial charge in [0.25, 0.3) is 0 Å². The van der Waals surface area contributed by atoms with Crippen LogP contribution in [0.2, 0.25) is 25.7 Å². The molecule has 1 aromatic carbocycles. The summed E-state index contributed by atoms with van der Waals surface area (Å²) in [6.07, 6.45) is 3.28. The number of amides is 1. The number of benzene rings is 1. The van der Waals surface area contributed by atoms with Crippen molar-refractivity contribution in [3.05, 3.63) is 29.8 Å². The van der Waals surface area contributed by atoms with Crippen molar-refractivity contribution >= 4 is 27.5 Å². The van der Waals surface area contributed by atoms with E-state index in [0.29, 0.717) is 12.5 Å². The average molecular weight is 331 g/mol. The van der Waals surface area contributed by atoms with Crippen LogP contribution in [0.4, 0.5) is 4.79 Å². The topological polar surface area (TPSA) is 29.5 Å². The summed E-state index contributed by atoms with van der Waals surface area (Å²) in [5, 5.41) is 0. The fraction of sp³-hybridized carbons (Fsp3) is 0.611. The summed E-state index contributed by atoms with van der Waals surface area (Å²) in [5.74, 6) is 0.692. The highest BCUT2D eigenvalue weighted by atomic mass is 28.3. The van der Waals surface area contributed by atoms with E-state index >= 15 is 0 Å². The Bertz CT molecular complexity index is 526. The summed E-state index contributed by atoms with van der Waals surface area (Å²) in [7, 11) is 0.956. The number of ether oxygens (including phenoxy) is 1. The van der Waals surface area contributed by atoms with Crippen LogP contribution in [0.3, 0.4) is 0 Å². The zero-order valence-electron chi connectivity index (χ0n) is 15.1. The summed E-state index contributed by atoms with van der Waals surface area (Å²) >= 11 is 0. The molecular weight excluding hydrogens is 301 g/mol. The molecule has 1 aliphatic rings. The van der Waals surface area contributed by atoms with Crippen molar-refractivity contribution < 1.29 is 9.53 Å². The maximum atomic E-state index is 12.4. The van der Waals surface area contributed by atoms with Gasteiger partial charge in [-0.1, -0.05) is 49.4 Å². The first-order valence-electron chi connectivity index (χ1n) is 8.81. The maximum absolute atomic E-state index is 12.4. The monoisotopic (exact) mass is 331 g/mol. The molecule has 126 valence electrons. The summed E-state index contributed by atoms with van der Waals surface area (Å²) in [6.45, 7) is 9.10. The minimum atomic E-state index is -1.15. The fourth-order valence-corrected chi connectivity index (χ4v) is 3.25. The molecule has 1 aliphatic carbocycles. The predicted octanol–water partition coefficient (Wildman–Crippen LogP) is 2.67. The molecule has 5 heteroatoms. The molecule has 23 heavy (non-hydrogen) atoms. The third-order valence-electron chi connectivity index (χ3n) is 4.26. The Morgan fingerprint density at radius 2 is 2.09 bits per heavy atom. The number of carbonyl (C=O) groups is 1. The lowest BCUT2D eigenvalue weighted by Gasteiger charge is -2.23. The zero-order valence-corrected chi connectivity index (χ0v) is 16.1. The van der Waals surface area contributed by atoms with Crippen molar-refractivity contribution in [3.8, 4) is 0 Å². The van der Waals surface area contributed by atoms with Crippen molar-refractivity contribution in [1.82, 2.24) is 4.90 Å². The van der Waals surface area contributed by atoms with Crippen LogP contribution in [-0.4, -0.2) is 46.6 Å².